The van der Waals surface area contributed by atoms with Crippen molar-refractivity contribution in [2.24, 2.45) is 5.92 Å². The van der Waals surface area contributed by atoms with E-state index in [-0.39, 0.29) is 10.6 Å². The number of hydrogen-bond donors (Lipinski definition) is 2. The maximum absolute atomic E-state index is 13.6. The number of carbonyl (C=O) groups excluding carboxylic acids is 1. The van der Waals surface area contributed by atoms with Crippen LogP contribution in [0.25, 0.3) is 0 Å². The average Bonchev–Trinajstić information content (AvgIpc) is 2.76. The predicted octanol–water partition coefficient (Wildman–Crippen LogP) is 2.46. The number of carboxylic acid groups (broad SMARTS) is 1. The van der Waals surface area contributed by atoms with Crippen LogP contribution in [0.2, 0.25) is 5.02 Å². The molecule has 1 aliphatic carbocycles. The second-order valence-corrected chi connectivity index (χ2v) is 4.96. The normalized spacial score (nSPS) is 22.2. The highest BCUT2D eigenvalue weighted by molar-refractivity contribution is 6.33. The van der Waals surface area contributed by atoms with E-state index in [4.69, 9.17) is 16.7 Å². The number of carbonyl (C=O) groups is 2. The number of hydrogen-bond acceptors (Lipinski definition) is 2. The molecule has 2 rings (SSSR count). The van der Waals surface area contributed by atoms with Crippen molar-refractivity contribution in [1.82, 2.24) is 5.32 Å². The monoisotopic (exact) mass is 285 g/mol. The Bertz CT molecular complexity index is 500. The van der Waals surface area contributed by atoms with E-state index in [2.05, 4.69) is 5.32 Å². The first kappa shape index (κ1) is 13.8. The van der Waals surface area contributed by atoms with Crippen molar-refractivity contribution < 1.29 is 19.1 Å². The molecule has 102 valence electrons. The van der Waals surface area contributed by atoms with Crippen molar-refractivity contribution in [2.45, 2.75) is 25.3 Å². The first-order chi connectivity index (χ1) is 9.00. The van der Waals surface area contributed by atoms with E-state index < -0.39 is 29.7 Å². The lowest BCUT2D eigenvalue weighted by atomic mass is 10.0. The summed E-state index contributed by atoms with van der Waals surface area (Å²) in [5.74, 6) is -2.94. The second kappa shape index (κ2) is 5.57. The third kappa shape index (κ3) is 2.87. The molecule has 0 bridgehead atoms. The molecule has 2 unspecified atom stereocenters. The van der Waals surface area contributed by atoms with Gasteiger partial charge in [0.05, 0.1) is 16.5 Å². The molecule has 2 N–H and O–H groups in total. The molecule has 2 atom stereocenters. The summed E-state index contributed by atoms with van der Waals surface area (Å²) < 4.78 is 13.6. The molecule has 1 amide bonds. The summed E-state index contributed by atoms with van der Waals surface area (Å²) in [7, 11) is 0. The van der Waals surface area contributed by atoms with E-state index in [1.807, 2.05) is 0 Å². The molecule has 0 aromatic heterocycles. The Balaban J connectivity index is 2.15. The van der Waals surface area contributed by atoms with Crippen LogP contribution in [0, 0.1) is 11.7 Å². The fourth-order valence-electron chi connectivity index (χ4n) is 2.38. The molecule has 1 aliphatic rings. The Labute approximate surface area is 114 Å². The standard InChI is InChI=1S/C13H13ClFNO3/c14-8-4-2-5-9(15)11(8)12(17)16-10-6-1-3-7(10)13(18)19/h2,4-5,7,10H,1,3,6H2,(H,16,17)(H,18,19). The van der Waals surface area contributed by atoms with Crippen LogP contribution >= 0.6 is 11.6 Å². The Hall–Kier alpha value is -1.62. The first-order valence-corrected chi connectivity index (χ1v) is 6.36. The minimum atomic E-state index is -0.942. The first-order valence-electron chi connectivity index (χ1n) is 5.98. The van der Waals surface area contributed by atoms with Gasteiger partial charge in [0.15, 0.2) is 0 Å². The Morgan fingerprint density at radius 2 is 2.11 bits per heavy atom. The van der Waals surface area contributed by atoms with Gasteiger partial charge in [0.25, 0.3) is 5.91 Å². The van der Waals surface area contributed by atoms with Gasteiger partial charge in [-0.15, -0.1) is 0 Å². The van der Waals surface area contributed by atoms with Crippen LogP contribution in [-0.4, -0.2) is 23.0 Å². The van der Waals surface area contributed by atoms with Gasteiger partial charge in [0.2, 0.25) is 0 Å². The van der Waals surface area contributed by atoms with Gasteiger partial charge in [-0.05, 0) is 25.0 Å². The lowest BCUT2D eigenvalue weighted by Crippen LogP contribution is -2.40. The quantitative estimate of drug-likeness (QED) is 0.896. The van der Waals surface area contributed by atoms with Gasteiger partial charge < -0.3 is 10.4 Å². The largest absolute Gasteiger partial charge is 0.481 e. The Morgan fingerprint density at radius 1 is 1.37 bits per heavy atom. The van der Waals surface area contributed by atoms with Gasteiger partial charge in [-0.2, -0.15) is 0 Å². The van der Waals surface area contributed by atoms with Crippen LogP contribution in [0.5, 0.6) is 0 Å². The zero-order valence-electron chi connectivity index (χ0n) is 10.0. The van der Waals surface area contributed by atoms with Crippen LogP contribution in [0.4, 0.5) is 4.39 Å². The molecule has 0 spiro atoms. The predicted molar refractivity (Wildman–Crippen MR) is 67.6 cm³/mol. The number of aliphatic carboxylic acids is 1. The molecule has 1 aromatic carbocycles. The lowest BCUT2D eigenvalue weighted by Gasteiger charge is -2.18. The summed E-state index contributed by atoms with van der Waals surface area (Å²) in [5.41, 5.74) is -0.236. The molecule has 6 heteroatoms. The average molecular weight is 286 g/mol. The van der Waals surface area contributed by atoms with Crippen LogP contribution in [-0.2, 0) is 4.79 Å². The number of nitrogens with one attached hydrogen (secondary N) is 1. The zero-order chi connectivity index (χ0) is 14.0. The molecule has 19 heavy (non-hydrogen) atoms. The van der Waals surface area contributed by atoms with Gasteiger partial charge in [0, 0.05) is 6.04 Å². The van der Waals surface area contributed by atoms with Gasteiger partial charge >= 0.3 is 5.97 Å². The van der Waals surface area contributed by atoms with Gasteiger partial charge in [0.1, 0.15) is 5.82 Å². The molecule has 0 aliphatic heterocycles. The van der Waals surface area contributed by atoms with Crippen LogP contribution < -0.4 is 5.32 Å². The van der Waals surface area contributed by atoms with Gasteiger partial charge in [-0.3, -0.25) is 9.59 Å². The van der Waals surface area contributed by atoms with Crippen molar-refractivity contribution in [2.75, 3.05) is 0 Å². The summed E-state index contributed by atoms with van der Waals surface area (Å²) >= 11 is 5.79. The van der Waals surface area contributed by atoms with E-state index in [1.54, 1.807) is 0 Å². The summed E-state index contributed by atoms with van der Waals surface area (Å²) in [5, 5.41) is 11.6. The fourth-order valence-corrected chi connectivity index (χ4v) is 2.63. The van der Waals surface area contributed by atoms with E-state index in [1.165, 1.54) is 12.1 Å². The molecule has 0 heterocycles. The number of amides is 1. The highest BCUT2D eigenvalue weighted by Crippen LogP contribution is 2.27. The Kier molecular flexibility index (Phi) is 4.04. The second-order valence-electron chi connectivity index (χ2n) is 4.55. The summed E-state index contributed by atoms with van der Waals surface area (Å²) in [6, 6.07) is 3.50. The maximum atomic E-state index is 13.6. The van der Waals surface area contributed by atoms with Crippen molar-refractivity contribution in [3.63, 3.8) is 0 Å². The van der Waals surface area contributed by atoms with E-state index >= 15 is 0 Å². The van der Waals surface area contributed by atoms with E-state index in [0.717, 1.165) is 12.5 Å². The molecule has 4 nitrogen and oxygen atoms in total. The molecule has 1 fully saturated rings. The number of benzene rings is 1. The molecular formula is C13H13ClFNO3. The van der Waals surface area contributed by atoms with Crippen molar-refractivity contribution >= 4 is 23.5 Å². The summed E-state index contributed by atoms with van der Waals surface area (Å²) in [6.45, 7) is 0. The SMILES string of the molecule is O=C(NC1CCCC1C(=O)O)c1c(F)cccc1Cl. The third-order valence-electron chi connectivity index (χ3n) is 3.34. The van der Waals surface area contributed by atoms with E-state index in [9.17, 15) is 14.0 Å². The summed E-state index contributed by atoms with van der Waals surface area (Å²) in [6.07, 6.45) is 1.83. The van der Waals surface area contributed by atoms with Crippen LogP contribution in [0.1, 0.15) is 29.6 Å². The third-order valence-corrected chi connectivity index (χ3v) is 3.65. The topological polar surface area (TPSA) is 66.4 Å². The molecular weight excluding hydrogens is 273 g/mol. The van der Waals surface area contributed by atoms with Crippen LogP contribution in [0.15, 0.2) is 18.2 Å². The number of rotatable bonds is 3. The Morgan fingerprint density at radius 3 is 2.74 bits per heavy atom. The highest BCUT2D eigenvalue weighted by Gasteiger charge is 2.34. The minimum absolute atomic E-state index is 0.0161. The highest BCUT2D eigenvalue weighted by atomic mass is 35.5. The fraction of sp³-hybridized carbons (Fsp3) is 0.385. The smallest absolute Gasteiger partial charge is 0.308 e. The van der Waals surface area contributed by atoms with Crippen molar-refractivity contribution in [3.05, 3.63) is 34.6 Å². The summed E-state index contributed by atoms with van der Waals surface area (Å²) in [4.78, 5) is 23.0. The molecule has 1 saturated carbocycles. The number of carboxylic acids is 1. The van der Waals surface area contributed by atoms with Gasteiger partial charge in [-0.25, -0.2) is 4.39 Å². The minimum Gasteiger partial charge on any atom is -0.481 e. The maximum Gasteiger partial charge on any atom is 0.308 e. The lowest BCUT2D eigenvalue weighted by molar-refractivity contribution is -0.142. The van der Waals surface area contributed by atoms with E-state index in [0.29, 0.717) is 12.8 Å². The zero-order valence-corrected chi connectivity index (χ0v) is 10.8. The molecule has 1 aromatic rings. The van der Waals surface area contributed by atoms with Crippen molar-refractivity contribution in [1.29, 1.82) is 0 Å². The molecule has 0 saturated heterocycles. The van der Waals surface area contributed by atoms with Crippen LogP contribution in [0.3, 0.4) is 0 Å². The number of halogens is 2. The molecule has 0 radical (unpaired) electrons. The van der Waals surface area contributed by atoms with Crippen molar-refractivity contribution in [3.8, 4) is 0 Å². The van der Waals surface area contributed by atoms with Gasteiger partial charge in [-0.1, -0.05) is 24.1 Å².